The second-order valence-electron chi connectivity index (χ2n) is 4.19. The second-order valence-corrected chi connectivity index (χ2v) is 4.19. The summed E-state index contributed by atoms with van der Waals surface area (Å²) < 4.78 is 0. The van der Waals surface area contributed by atoms with Gasteiger partial charge in [-0.25, -0.2) is 0 Å². The Kier molecular flexibility index (Phi) is 5.72. The summed E-state index contributed by atoms with van der Waals surface area (Å²) in [4.78, 5) is 13.2. The van der Waals surface area contributed by atoms with Gasteiger partial charge < -0.3 is 15.7 Å². The maximum atomic E-state index is 11.6. The summed E-state index contributed by atoms with van der Waals surface area (Å²) in [5.41, 5.74) is 5.48. The van der Waals surface area contributed by atoms with Crippen LogP contribution >= 0.6 is 0 Å². The summed E-state index contributed by atoms with van der Waals surface area (Å²) in [5.74, 6) is 0.0695. The van der Waals surface area contributed by atoms with Crippen molar-refractivity contribution in [2.24, 2.45) is 5.73 Å². The van der Waals surface area contributed by atoms with Gasteiger partial charge in [-0.05, 0) is 27.2 Å². The topological polar surface area (TPSA) is 66.6 Å². The van der Waals surface area contributed by atoms with Crippen molar-refractivity contribution in [1.82, 2.24) is 4.90 Å². The largest absolute Gasteiger partial charge is 0.395 e. The first kappa shape index (κ1) is 13.4. The smallest absolute Gasteiger partial charge is 0.222 e. The van der Waals surface area contributed by atoms with E-state index in [1.54, 1.807) is 4.90 Å². The van der Waals surface area contributed by atoms with Gasteiger partial charge in [-0.2, -0.15) is 0 Å². The normalized spacial score (nSPS) is 11.5. The standard InChI is InChI=1S/C10H22N2O2/c1-4-12(7-8-13)9(14)5-6-10(2,3)11/h13H,4-8,11H2,1-3H3. The molecule has 4 nitrogen and oxygen atoms in total. The molecule has 0 saturated carbocycles. The van der Waals surface area contributed by atoms with Crippen LogP contribution in [0.5, 0.6) is 0 Å². The maximum absolute atomic E-state index is 11.6. The predicted molar refractivity (Wildman–Crippen MR) is 56.8 cm³/mol. The summed E-state index contributed by atoms with van der Waals surface area (Å²) >= 11 is 0. The molecule has 0 fully saturated rings. The summed E-state index contributed by atoms with van der Waals surface area (Å²) in [7, 11) is 0. The van der Waals surface area contributed by atoms with Crippen LogP contribution in [-0.4, -0.2) is 41.1 Å². The zero-order valence-corrected chi connectivity index (χ0v) is 9.42. The molecule has 84 valence electrons. The fourth-order valence-electron chi connectivity index (χ4n) is 1.17. The average Bonchev–Trinajstić information content (AvgIpc) is 2.09. The number of nitrogens with zero attached hydrogens (tertiary/aromatic N) is 1. The number of aliphatic hydroxyl groups is 1. The Morgan fingerprint density at radius 1 is 1.50 bits per heavy atom. The van der Waals surface area contributed by atoms with Gasteiger partial charge in [0.25, 0.3) is 0 Å². The number of amides is 1. The van der Waals surface area contributed by atoms with E-state index in [4.69, 9.17) is 10.8 Å². The lowest BCUT2D eigenvalue weighted by Crippen LogP contribution is -2.37. The van der Waals surface area contributed by atoms with Crippen LogP contribution in [0, 0.1) is 0 Å². The van der Waals surface area contributed by atoms with Crippen LogP contribution < -0.4 is 5.73 Å². The molecular weight excluding hydrogens is 180 g/mol. The first-order valence-corrected chi connectivity index (χ1v) is 5.08. The van der Waals surface area contributed by atoms with Crippen LogP contribution in [0.4, 0.5) is 0 Å². The zero-order chi connectivity index (χ0) is 11.2. The molecule has 3 N–H and O–H groups in total. The monoisotopic (exact) mass is 202 g/mol. The van der Waals surface area contributed by atoms with E-state index >= 15 is 0 Å². The van der Waals surface area contributed by atoms with Crippen LogP contribution in [0.25, 0.3) is 0 Å². The third-order valence-electron chi connectivity index (χ3n) is 2.09. The van der Waals surface area contributed by atoms with E-state index in [9.17, 15) is 4.79 Å². The van der Waals surface area contributed by atoms with E-state index in [-0.39, 0.29) is 18.1 Å². The zero-order valence-electron chi connectivity index (χ0n) is 9.42. The Morgan fingerprint density at radius 2 is 2.07 bits per heavy atom. The SMILES string of the molecule is CCN(CCO)C(=O)CCC(C)(C)N. The van der Waals surface area contributed by atoms with Crippen molar-refractivity contribution in [3.05, 3.63) is 0 Å². The molecule has 0 atom stereocenters. The van der Waals surface area contributed by atoms with Gasteiger partial charge >= 0.3 is 0 Å². The number of likely N-dealkylation sites (N-methyl/N-ethyl adjacent to an activating group) is 1. The summed E-state index contributed by atoms with van der Waals surface area (Å²) in [6.07, 6.45) is 1.13. The average molecular weight is 202 g/mol. The van der Waals surface area contributed by atoms with Crippen LogP contribution in [0.15, 0.2) is 0 Å². The lowest BCUT2D eigenvalue weighted by molar-refractivity contribution is -0.131. The van der Waals surface area contributed by atoms with E-state index in [1.165, 1.54) is 0 Å². The molecule has 0 radical (unpaired) electrons. The van der Waals surface area contributed by atoms with Gasteiger partial charge in [0.2, 0.25) is 5.91 Å². The molecule has 0 heterocycles. The van der Waals surface area contributed by atoms with Crippen molar-refractivity contribution in [1.29, 1.82) is 0 Å². The first-order valence-electron chi connectivity index (χ1n) is 5.08. The number of rotatable bonds is 6. The van der Waals surface area contributed by atoms with E-state index in [1.807, 2.05) is 20.8 Å². The Morgan fingerprint density at radius 3 is 2.43 bits per heavy atom. The fraction of sp³-hybridized carbons (Fsp3) is 0.900. The van der Waals surface area contributed by atoms with Gasteiger partial charge in [-0.15, -0.1) is 0 Å². The number of carbonyl (C=O) groups is 1. The van der Waals surface area contributed by atoms with E-state index in [2.05, 4.69) is 0 Å². The molecule has 14 heavy (non-hydrogen) atoms. The number of carbonyl (C=O) groups excluding carboxylic acids is 1. The van der Waals surface area contributed by atoms with Crippen LogP contribution in [0.1, 0.15) is 33.6 Å². The molecule has 0 unspecified atom stereocenters. The number of hydrogen-bond acceptors (Lipinski definition) is 3. The molecule has 0 aromatic carbocycles. The van der Waals surface area contributed by atoms with Crippen LogP contribution in [0.2, 0.25) is 0 Å². The van der Waals surface area contributed by atoms with Crippen molar-refractivity contribution in [3.63, 3.8) is 0 Å². The summed E-state index contributed by atoms with van der Waals surface area (Å²) in [6.45, 7) is 6.79. The van der Waals surface area contributed by atoms with Gasteiger partial charge in [0.05, 0.1) is 6.61 Å². The molecule has 4 heteroatoms. The molecule has 0 aromatic heterocycles. The first-order chi connectivity index (χ1) is 6.40. The van der Waals surface area contributed by atoms with Crippen molar-refractivity contribution in [3.8, 4) is 0 Å². The van der Waals surface area contributed by atoms with Gasteiger partial charge in [0.1, 0.15) is 0 Å². The molecule has 0 saturated heterocycles. The molecule has 1 amide bonds. The van der Waals surface area contributed by atoms with Crippen molar-refractivity contribution < 1.29 is 9.90 Å². The minimum absolute atomic E-state index is 0.0194. The van der Waals surface area contributed by atoms with Crippen molar-refractivity contribution in [2.45, 2.75) is 39.2 Å². The molecule has 0 spiro atoms. The number of aliphatic hydroxyl groups excluding tert-OH is 1. The molecule has 0 aliphatic carbocycles. The van der Waals surface area contributed by atoms with Gasteiger partial charge in [-0.3, -0.25) is 4.79 Å². The quantitative estimate of drug-likeness (QED) is 0.653. The molecule has 0 aliphatic heterocycles. The van der Waals surface area contributed by atoms with E-state index < -0.39 is 0 Å². The third-order valence-corrected chi connectivity index (χ3v) is 2.09. The third kappa shape index (κ3) is 5.94. The van der Waals surface area contributed by atoms with Gasteiger partial charge in [0.15, 0.2) is 0 Å². The van der Waals surface area contributed by atoms with Gasteiger partial charge in [-0.1, -0.05) is 0 Å². The van der Waals surface area contributed by atoms with Crippen LogP contribution in [0.3, 0.4) is 0 Å². The van der Waals surface area contributed by atoms with Crippen LogP contribution in [-0.2, 0) is 4.79 Å². The number of nitrogens with two attached hydrogens (primary N) is 1. The molecule has 0 bridgehead atoms. The maximum Gasteiger partial charge on any atom is 0.222 e. The highest BCUT2D eigenvalue weighted by molar-refractivity contribution is 5.76. The lowest BCUT2D eigenvalue weighted by atomic mass is 10.00. The highest BCUT2D eigenvalue weighted by Crippen LogP contribution is 2.08. The van der Waals surface area contributed by atoms with Crippen molar-refractivity contribution >= 4 is 5.91 Å². The van der Waals surface area contributed by atoms with E-state index in [0.29, 0.717) is 25.9 Å². The van der Waals surface area contributed by atoms with E-state index in [0.717, 1.165) is 0 Å². The molecule has 0 aromatic rings. The highest BCUT2D eigenvalue weighted by atomic mass is 16.3. The van der Waals surface area contributed by atoms with Crippen molar-refractivity contribution in [2.75, 3.05) is 19.7 Å². The Labute approximate surface area is 86.1 Å². The minimum atomic E-state index is -0.297. The molecule has 0 aliphatic rings. The minimum Gasteiger partial charge on any atom is -0.395 e. The second kappa shape index (κ2) is 5.98. The Bertz CT molecular complexity index is 175. The number of hydrogen-bond donors (Lipinski definition) is 2. The Balaban J connectivity index is 3.93. The summed E-state index contributed by atoms with van der Waals surface area (Å²) in [6, 6.07) is 0. The Hall–Kier alpha value is -0.610. The fourth-order valence-corrected chi connectivity index (χ4v) is 1.17. The molecule has 0 rings (SSSR count). The predicted octanol–water partition coefficient (Wildman–Crippen LogP) is 0.345. The lowest BCUT2D eigenvalue weighted by Gasteiger charge is -2.23. The summed E-state index contributed by atoms with van der Waals surface area (Å²) in [5, 5.41) is 8.73. The highest BCUT2D eigenvalue weighted by Gasteiger charge is 2.16. The van der Waals surface area contributed by atoms with Gasteiger partial charge in [0, 0.05) is 25.0 Å². The molecular formula is C10H22N2O2.